The summed E-state index contributed by atoms with van der Waals surface area (Å²) in [4.78, 5) is 7.89. The lowest BCUT2D eigenvalue weighted by Gasteiger charge is -2.24. The number of hydrogen-bond acceptors (Lipinski definition) is 3. The maximum absolute atomic E-state index is 5.51. The van der Waals surface area contributed by atoms with Crippen molar-refractivity contribution in [1.29, 1.82) is 0 Å². The molecule has 0 bridgehead atoms. The fraction of sp³-hybridized carbons (Fsp3) is 0.364. The summed E-state index contributed by atoms with van der Waals surface area (Å²) < 4.78 is 8.00. The summed E-state index contributed by atoms with van der Waals surface area (Å²) in [5.41, 5.74) is 6.04. The molecule has 194 valence electrons. The smallest absolute Gasteiger partial charge is 0.140 e. The van der Waals surface area contributed by atoms with Gasteiger partial charge in [0, 0.05) is 30.8 Å². The Labute approximate surface area is 222 Å². The number of imidazole rings is 1. The van der Waals surface area contributed by atoms with E-state index in [0.29, 0.717) is 0 Å². The maximum atomic E-state index is 5.51. The normalized spacial score (nSPS) is 11.2. The Hall–Kier alpha value is -3.37. The molecule has 4 heteroatoms. The number of aromatic nitrogens is 2. The first-order chi connectivity index (χ1) is 18.2. The highest BCUT2D eigenvalue weighted by atomic mass is 16.5. The van der Waals surface area contributed by atoms with Crippen LogP contribution in [-0.4, -0.2) is 28.1 Å². The molecule has 0 spiro atoms. The lowest BCUT2D eigenvalue weighted by Crippen LogP contribution is -2.26. The van der Waals surface area contributed by atoms with Gasteiger partial charge in [-0.25, -0.2) is 4.98 Å². The van der Waals surface area contributed by atoms with E-state index in [9.17, 15) is 0 Å². The average molecular weight is 496 g/mol. The largest absolute Gasteiger partial charge is 0.497 e. The summed E-state index contributed by atoms with van der Waals surface area (Å²) in [5, 5.41) is 0. The summed E-state index contributed by atoms with van der Waals surface area (Å²) in [6.45, 7) is 8.29. The molecule has 0 fully saturated rings. The first-order valence-electron chi connectivity index (χ1n) is 13.8. The van der Waals surface area contributed by atoms with Crippen molar-refractivity contribution in [2.24, 2.45) is 0 Å². The number of unbranched alkanes of at least 4 members (excludes halogenated alkanes) is 3. The molecule has 4 rings (SSSR count). The first-order valence-corrected chi connectivity index (χ1v) is 13.8. The molecule has 3 aromatic carbocycles. The van der Waals surface area contributed by atoms with Gasteiger partial charge >= 0.3 is 0 Å². The minimum Gasteiger partial charge on any atom is -0.497 e. The van der Waals surface area contributed by atoms with Gasteiger partial charge in [-0.15, -0.1) is 0 Å². The number of nitrogens with zero attached hydrogens (tertiary/aromatic N) is 3. The lowest BCUT2D eigenvalue weighted by molar-refractivity contribution is 0.246. The van der Waals surface area contributed by atoms with Gasteiger partial charge in [-0.3, -0.25) is 4.90 Å². The van der Waals surface area contributed by atoms with Crippen LogP contribution in [0, 0.1) is 0 Å². The third kappa shape index (κ3) is 7.11. The Kier molecular flexibility index (Phi) is 9.96. The molecule has 0 atom stereocenters. The van der Waals surface area contributed by atoms with Crippen molar-refractivity contribution < 1.29 is 4.74 Å². The predicted octanol–water partition coefficient (Wildman–Crippen LogP) is 8.22. The zero-order valence-electron chi connectivity index (χ0n) is 22.7. The second-order valence-electron chi connectivity index (χ2n) is 9.74. The van der Waals surface area contributed by atoms with Crippen LogP contribution in [0.15, 0.2) is 84.9 Å². The molecule has 4 aromatic rings. The Morgan fingerprint density at radius 1 is 0.757 bits per heavy atom. The van der Waals surface area contributed by atoms with Crippen molar-refractivity contribution in [2.45, 2.75) is 65.6 Å². The molecule has 0 radical (unpaired) electrons. The van der Waals surface area contributed by atoms with Gasteiger partial charge in [-0.2, -0.15) is 0 Å². The molecule has 37 heavy (non-hydrogen) atoms. The highest BCUT2D eigenvalue weighted by Crippen LogP contribution is 2.31. The second-order valence-corrected chi connectivity index (χ2v) is 9.74. The van der Waals surface area contributed by atoms with Crippen LogP contribution in [0.1, 0.15) is 57.2 Å². The van der Waals surface area contributed by atoms with E-state index in [2.05, 4.69) is 102 Å². The molecule has 0 amide bonds. The van der Waals surface area contributed by atoms with E-state index in [0.717, 1.165) is 49.9 Å². The molecule has 0 aliphatic heterocycles. The van der Waals surface area contributed by atoms with Gasteiger partial charge in [-0.1, -0.05) is 106 Å². The SMILES string of the molecule is CCCCCn1c(-c2ccccc2)nc(-c2ccccc2)c1CN(CCCC)Cc1cccc(OC)c1. The highest BCUT2D eigenvalue weighted by molar-refractivity contribution is 5.68. The van der Waals surface area contributed by atoms with E-state index >= 15 is 0 Å². The van der Waals surface area contributed by atoms with Crippen LogP contribution in [0.5, 0.6) is 5.75 Å². The molecule has 0 unspecified atom stereocenters. The van der Waals surface area contributed by atoms with Crippen LogP contribution < -0.4 is 4.74 Å². The fourth-order valence-electron chi connectivity index (χ4n) is 4.88. The minimum atomic E-state index is 0.855. The molecule has 0 N–H and O–H groups in total. The molecule has 0 saturated heterocycles. The van der Waals surface area contributed by atoms with E-state index in [1.807, 2.05) is 6.07 Å². The van der Waals surface area contributed by atoms with Crippen LogP contribution >= 0.6 is 0 Å². The van der Waals surface area contributed by atoms with Gasteiger partial charge < -0.3 is 9.30 Å². The topological polar surface area (TPSA) is 30.3 Å². The van der Waals surface area contributed by atoms with E-state index < -0.39 is 0 Å². The minimum absolute atomic E-state index is 0.855. The number of methoxy groups -OCH3 is 1. The van der Waals surface area contributed by atoms with Crippen LogP contribution in [0.25, 0.3) is 22.6 Å². The van der Waals surface area contributed by atoms with E-state index in [-0.39, 0.29) is 0 Å². The zero-order chi connectivity index (χ0) is 25.9. The van der Waals surface area contributed by atoms with Gasteiger partial charge in [0.15, 0.2) is 0 Å². The maximum Gasteiger partial charge on any atom is 0.140 e. The Morgan fingerprint density at radius 2 is 1.46 bits per heavy atom. The number of hydrogen-bond donors (Lipinski definition) is 0. The molecule has 0 saturated carbocycles. The molecule has 0 aliphatic rings. The van der Waals surface area contributed by atoms with E-state index in [4.69, 9.17) is 9.72 Å². The molecule has 0 aliphatic carbocycles. The zero-order valence-corrected chi connectivity index (χ0v) is 22.7. The van der Waals surface area contributed by atoms with Crippen LogP contribution in [0.3, 0.4) is 0 Å². The van der Waals surface area contributed by atoms with E-state index in [1.54, 1.807) is 7.11 Å². The summed E-state index contributed by atoms with van der Waals surface area (Å²) >= 11 is 0. The van der Waals surface area contributed by atoms with Gasteiger partial charge in [0.1, 0.15) is 11.6 Å². The molecular formula is C33H41N3O. The quantitative estimate of drug-likeness (QED) is 0.165. The Bertz CT molecular complexity index is 1220. The predicted molar refractivity (Wildman–Crippen MR) is 155 cm³/mol. The molecule has 4 nitrogen and oxygen atoms in total. The third-order valence-corrected chi connectivity index (χ3v) is 6.88. The average Bonchev–Trinajstić information content (AvgIpc) is 3.30. The van der Waals surface area contributed by atoms with Crippen molar-refractivity contribution in [3.63, 3.8) is 0 Å². The van der Waals surface area contributed by atoms with Crippen LogP contribution in [-0.2, 0) is 19.6 Å². The number of ether oxygens (including phenoxy) is 1. The van der Waals surface area contributed by atoms with Gasteiger partial charge in [0.05, 0.1) is 18.5 Å². The summed E-state index contributed by atoms with van der Waals surface area (Å²) in [5.74, 6) is 1.98. The number of rotatable bonds is 14. The van der Waals surface area contributed by atoms with Crippen molar-refractivity contribution in [2.75, 3.05) is 13.7 Å². The highest BCUT2D eigenvalue weighted by Gasteiger charge is 2.22. The van der Waals surface area contributed by atoms with Gasteiger partial charge in [0.25, 0.3) is 0 Å². The third-order valence-electron chi connectivity index (χ3n) is 6.88. The van der Waals surface area contributed by atoms with E-state index in [1.165, 1.54) is 48.1 Å². The van der Waals surface area contributed by atoms with Crippen molar-refractivity contribution in [3.05, 3.63) is 96.2 Å². The van der Waals surface area contributed by atoms with Crippen LogP contribution in [0.4, 0.5) is 0 Å². The standard InChI is InChI=1S/C33H41N3O/c1-4-6-14-23-36-31(26-35(22-7-5-2)25-27-16-15-21-30(24-27)37-3)32(28-17-10-8-11-18-28)34-33(36)29-19-12-9-13-20-29/h8-13,15-21,24H,4-7,14,22-23,25-26H2,1-3H3. The van der Waals surface area contributed by atoms with Crippen molar-refractivity contribution >= 4 is 0 Å². The van der Waals surface area contributed by atoms with Crippen molar-refractivity contribution in [1.82, 2.24) is 14.5 Å². The van der Waals surface area contributed by atoms with Gasteiger partial charge in [0.2, 0.25) is 0 Å². The number of benzene rings is 3. The summed E-state index contributed by atoms with van der Waals surface area (Å²) in [6, 6.07) is 29.8. The second kappa shape index (κ2) is 13.8. The van der Waals surface area contributed by atoms with Gasteiger partial charge in [-0.05, 0) is 37.1 Å². The Balaban J connectivity index is 1.78. The lowest BCUT2D eigenvalue weighted by atomic mass is 10.1. The fourth-order valence-corrected chi connectivity index (χ4v) is 4.88. The summed E-state index contributed by atoms with van der Waals surface area (Å²) in [6.07, 6.45) is 5.91. The first kappa shape index (κ1) is 26.7. The molecule has 1 heterocycles. The van der Waals surface area contributed by atoms with Crippen LogP contribution in [0.2, 0.25) is 0 Å². The monoisotopic (exact) mass is 495 g/mol. The molecular weight excluding hydrogens is 454 g/mol. The summed E-state index contributed by atoms with van der Waals surface area (Å²) in [7, 11) is 1.74. The van der Waals surface area contributed by atoms with Crippen molar-refractivity contribution in [3.8, 4) is 28.4 Å². The Morgan fingerprint density at radius 3 is 2.14 bits per heavy atom. The molecule has 1 aromatic heterocycles.